The molecule has 0 unspecified atom stereocenters. The molecule has 0 saturated heterocycles. The van der Waals surface area contributed by atoms with Gasteiger partial charge in [0.25, 0.3) is 5.56 Å². The number of nitrogens with zero attached hydrogens (tertiary/aromatic N) is 1. The van der Waals surface area contributed by atoms with Gasteiger partial charge in [-0.2, -0.15) is 0 Å². The van der Waals surface area contributed by atoms with Crippen LogP contribution in [0.1, 0.15) is 20.8 Å². The molecule has 9 nitrogen and oxygen atoms in total. The molecule has 9 heteroatoms. The average Bonchev–Trinajstić information content (AvgIpc) is 2.65. The Kier molecular flexibility index (Phi) is 5.46. The molecule has 2 aromatic carbocycles. The van der Waals surface area contributed by atoms with E-state index in [1.807, 2.05) is 0 Å². The molecule has 0 aliphatic carbocycles. The lowest BCUT2D eigenvalue weighted by atomic mass is 10.0. The second-order valence-corrected chi connectivity index (χ2v) is 6.48. The van der Waals surface area contributed by atoms with Gasteiger partial charge in [0.15, 0.2) is 11.5 Å². The van der Waals surface area contributed by atoms with Crippen LogP contribution in [0.15, 0.2) is 29.1 Å². The summed E-state index contributed by atoms with van der Waals surface area (Å²) in [6.45, 7) is 3.70. The lowest BCUT2D eigenvalue weighted by molar-refractivity contribution is -0.132. The molecule has 0 saturated carbocycles. The molecule has 0 amide bonds. The van der Waals surface area contributed by atoms with Crippen LogP contribution in [0.2, 0.25) is 0 Å². The number of rotatable bonds is 4. The predicted molar refractivity (Wildman–Crippen MR) is 107 cm³/mol. The Hall–Kier alpha value is -3.88. The number of aromatic nitrogens is 1. The monoisotopic (exact) mass is 413 g/mol. The molecule has 0 spiro atoms. The molecule has 156 valence electrons. The van der Waals surface area contributed by atoms with Crippen LogP contribution in [-0.2, 0) is 21.4 Å². The fourth-order valence-corrected chi connectivity index (χ4v) is 3.22. The molecule has 3 rings (SSSR count). The van der Waals surface area contributed by atoms with Gasteiger partial charge in [0, 0.05) is 44.7 Å². The predicted octanol–water partition coefficient (Wildman–Crippen LogP) is 2.48. The molecular formula is C21H19NO8. The molecule has 0 N–H and O–H groups in total. The third-order valence-electron chi connectivity index (χ3n) is 4.30. The van der Waals surface area contributed by atoms with Gasteiger partial charge < -0.3 is 23.5 Å². The summed E-state index contributed by atoms with van der Waals surface area (Å²) in [5.74, 6) is -1.30. The zero-order valence-corrected chi connectivity index (χ0v) is 17.0. The Labute approximate surface area is 170 Å². The second kappa shape index (κ2) is 7.86. The highest BCUT2D eigenvalue weighted by Crippen LogP contribution is 2.46. The second-order valence-electron chi connectivity index (χ2n) is 6.48. The largest absolute Gasteiger partial charge is 0.496 e. The summed E-state index contributed by atoms with van der Waals surface area (Å²) in [5.41, 5.74) is -0.212. The highest BCUT2D eigenvalue weighted by Gasteiger charge is 2.25. The van der Waals surface area contributed by atoms with Crippen LogP contribution < -0.4 is 24.5 Å². The number of aryl methyl sites for hydroxylation is 1. The Balaban J connectivity index is 2.62. The first-order valence-corrected chi connectivity index (χ1v) is 8.86. The van der Waals surface area contributed by atoms with E-state index in [-0.39, 0.29) is 33.9 Å². The summed E-state index contributed by atoms with van der Waals surface area (Å²) in [6, 6.07) is 5.75. The fraction of sp³-hybridized carbons (Fsp3) is 0.238. The normalized spacial score (nSPS) is 10.7. The van der Waals surface area contributed by atoms with Gasteiger partial charge in [-0.15, -0.1) is 0 Å². The third-order valence-corrected chi connectivity index (χ3v) is 4.30. The molecule has 1 heterocycles. The molecule has 0 aliphatic heterocycles. The summed E-state index contributed by atoms with van der Waals surface area (Å²) in [7, 11) is 2.85. The maximum atomic E-state index is 12.5. The molecule has 0 bridgehead atoms. The van der Waals surface area contributed by atoms with Crippen LogP contribution >= 0.6 is 0 Å². The van der Waals surface area contributed by atoms with Crippen LogP contribution in [-0.4, -0.2) is 29.6 Å². The van der Waals surface area contributed by atoms with Crippen molar-refractivity contribution in [3.8, 4) is 23.0 Å². The maximum absolute atomic E-state index is 12.5. The van der Waals surface area contributed by atoms with Gasteiger partial charge in [-0.05, 0) is 18.2 Å². The zero-order chi connectivity index (χ0) is 22.2. The number of hydrogen-bond acceptors (Lipinski definition) is 8. The number of carbonyl (C=O) groups is 3. The Morgan fingerprint density at radius 1 is 0.833 bits per heavy atom. The maximum Gasteiger partial charge on any atom is 0.308 e. The van der Waals surface area contributed by atoms with E-state index in [2.05, 4.69) is 0 Å². The summed E-state index contributed by atoms with van der Waals surface area (Å²) in [6.07, 6.45) is 0. The number of benzene rings is 2. The van der Waals surface area contributed by atoms with Crippen molar-refractivity contribution in [2.24, 2.45) is 7.05 Å². The van der Waals surface area contributed by atoms with E-state index >= 15 is 0 Å². The van der Waals surface area contributed by atoms with Crippen molar-refractivity contribution in [3.05, 3.63) is 34.6 Å². The van der Waals surface area contributed by atoms with Crippen molar-refractivity contribution in [2.75, 3.05) is 7.11 Å². The van der Waals surface area contributed by atoms with E-state index in [4.69, 9.17) is 18.9 Å². The Morgan fingerprint density at radius 2 is 1.43 bits per heavy atom. The van der Waals surface area contributed by atoms with Crippen molar-refractivity contribution in [1.82, 2.24) is 4.57 Å². The van der Waals surface area contributed by atoms with E-state index in [1.54, 1.807) is 6.07 Å². The topological polar surface area (TPSA) is 110 Å². The van der Waals surface area contributed by atoms with Crippen LogP contribution in [0.4, 0.5) is 0 Å². The summed E-state index contributed by atoms with van der Waals surface area (Å²) >= 11 is 0. The van der Waals surface area contributed by atoms with Gasteiger partial charge in [-0.25, -0.2) is 0 Å². The molecule has 0 aliphatic rings. The van der Waals surface area contributed by atoms with Crippen LogP contribution in [0.5, 0.6) is 23.0 Å². The first-order chi connectivity index (χ1) is 14.1. The van der Waals surface area contributed by atoms with Crippen molar-refractivity contribution in [2.45, 2.75) is 20.8 Å². The number of fused-ring (bicyclic) bond motifs is 2. The third kappa shape index (κ3) is 3.69. The number of ether oxygens (including phenoxy) is 4. The number of hydrogen-bond donors (Lipinski definition) is 0. The molecule has 0 atom stereocenters. The highest BCUT2D eigenvalue weighted by molar-refractivity contribution is 6.13. The van der Waals surface area contributed by atoms with E-state index in [0.29, 0.717) is 10.8 Å². The molecular weight excluding hydrogens is 394 g/mol. The van der Waals surface area contributed by atoms with Gasteiger partial charge in [0.05, 0.1) is 12.5 Å². The first-order valence-electron chi connectivity index (χ1n) is 8.86. The van der Waals surface area contributed by atoms with E-state index in [1.165, 1.54) is 57.7 Å². The van der Waals surface area contributed by atoms with Crippen LogP contribution in [0.25, 0.3) is 21.7 Å². The van der Waals surface area contributed by atoms with Gasteiger partial charge >= 0.3 is 17.9 Å². The number of carbonyl (C=O) groups excluding carboxylic acids is 3. The smallest absolute Gasteiger partial charge is 0.308 e. The summed E-state index contributed by atoms with van der Waals surface area (Å²) < 4.78 is 22.7. The van der Waals surface area contributed by atoms with Crippen molar-refractivity contribution >= 4 is 39.6 Å². The molecule has 0 radical (unpaired) electrons. The summed E-state index contributed by atoms with van der Waals surface area (Å²) in [5, 5.41) is 0.941. The molecule has 1 aromatic heterocycles. The summed E-state index contributed by atoms with van der Waals surface area (Å²) in [4.78, 5) is 47.6. The van der Waals surface area contributed by atoms with Gasteiger partial charge in [-0.3, -0.25) is 19.2 Å². The molecule has 3 aromatic rings. The first kappa shape index (κ1) is 20.8. The lowest BCUT2D eigenvalue weighted by Crippen LogP contribution is -2.18. The minimum atomic E-state index is -0.619. The van der Waals surface area contributed by atoms with E-state index < -0.39 is 23.5 Å². The number of pyridine rings is 1. The quantitative estimate of drug-likeness (QED) is 0.364. The Bertz CT molecular complexity index is 1270. The minimum Gasteiger partial charge on any atom is -0.496 e. The van der Waals surface area contributed by atoms with Crippen molar-refractivity contribution in [1.29, 1.82) is 0 Å². The molecule has 30 heavy (non-hydrogen) atoms. The van der Waals surface area contributed by atoms with Crippen LogP contribution in [0, 0.1) is 0 Å². The lowest BCUT2D eigenvalue weighted by Gasteiger charge is -2.19. The average molecular weight is 413 g/mol. The Morgan fingerprint density at radius 3 is 2.00 bits per heavy atom. The van der Waals surface area contributed by atoms with Gasteiger partial charge in [0.2, 0.25) is 0 Å². The SMILES string of the molecule is COc1cc(=O)n(C)c2c(OC(C)=O)c3ccc(OC(C)=O)cc3c(OC(C)=O)c12. The van der Waals surface area contributed by atoms with E-state index in [9.17, 15) is 19.2 Å². The number of methoxy groups -OCH3 is 1. The van der Waals surface area contributed by atoms with Gasteiger partial charge in [-0.1, -0.05) is 0 Å². The minimum absolute atomic E-state index is 0.0739. The van der Waals surface area contributed by atoms with Crippen molar-refractivity contribution < 1.29 is 33.3 Å². The van der Waals surface area contributed by atoms with Gasteiger partial charge in [0.1, 0.15) is 17.0 Å². The highest BCUT2D eigenvalue weighted by atomic mass is 16.5. The van der Waals surface area contributed by atoms with E-state index in [0.717, 1.165) is 0 Å². The van der Waals surface area contributed by atoms with Crippen LogP contribution in [0.3, 0.4) is 0 Å². The zero-order valence-electron chi connectivity index (χ0n) is 17.0. The van der Waals surface area contributed by atoms with Crippen molar-refractivity contribution in [3.63, 3.8) is 0 Å². The fourth-order valence-electron chi connectivity index (χ4n) is 3.22. The number of esters is 3. The standard InChI is InChI=1S/C21H19NO8/c1-10(23)28-13-6-7-14-15(8-13)20(29-11(2)24)18-16(27-5)9-17(26)22(4)19(18)21(14)30-12(3)25/h6-9H,1-5H3. The molecule has 0 fully saturated rings.